The Morgan fingerprint density at radius 3 is 2.70 bits per heavy atom. The zero-order valence-corrected chi connectivity index (χ0v) is 10.9. The highest BCUT2D eigenvalue weighted by atomic mass is 19.1. The van der Waals surface area contributed by atoms with E-state index in [4.69, 9.17) is 4.74 Å². The van der Waals surface area contributed by atoms with Crippen LogP contribution in [-0.2, 0) is 0 Å². The Labute approximate surface area is 114 Å². The van der Waals surface area contributed by atoms with Gasteiger partial charge in [0.1, 0.15) is 5.82 Å². The predicted molar refractivity (Wildman–Crippen MR) is 72.4 cm³/mol. The van der Waals surface area contributed by atoms with Gasteiger partial charge < -0.3 is 10.1 Å². The summed E-state index contributed by atoms with van der Waals surface area (Å²) < 4.78 is 19.1. The van der Waals surface area contributed by atoms with Gasteiger partial charge in [-0.2, -0.15) is 0 Å². The van der Waals surface area contributed by atoms with Crippen LogP contribution < -0.4 is 10.1 Å². The lowest BCUT2D eigenvalue weighted by Crippen LogP contribution is -2.01. The van der Waals surface area contributed by atoms with Gasteiger partial charge in [-0.25, -0.2) is 9.37 Å². The summed E-state index contributed by atoms with van der Waals surface area (Å²) in [6.07, 6.45) is 0. The molecule has 0 aliphatic carbocycles. The number of pyridine rings is 1. The molecule has 104 valence electrons. The maximum absolute atomic E-state index is 14.2. The van der Waals surface area contributed by atoms with E-state index in [1.54, 1.807) is 13.1 Å². The minimum absolute atomic E-state index is 0.00783. The molecular formula is C13H12FN3O3. The van der Waals surface area contributed by atoms with Crippen molar-refractivity contribution in [3.63, 3.8) is 0 Å². The van der Waals surface area contributed by atoms with E-state index in [1.807, 2.05) is 0 Å². The maximum Gasteiger partial charge on any atom is 0.295 e. The van der Waals surface area contributed by atoms with Crippen LogP contribution in [0.15, 0.2) is 30.3 Å². The molecule has 1 aromatic carbocycles. The van der Waals surface area contributed by atoms with Gasteiger partial charge in [-0.3, -0.25) is 10.1 Å². The van der Waals surface area contributed by atoms with Crippen molar-refractivity contribution in [1.82, 2.24) is 4.98 Å². The molecule has 0 bridgehead atoms. The molecule has 0 fully saturated rings. The van der Waals surface area contributed by atoms with Crippen molar-refractivity contribution in [3.8, 4) is 17.0 Å². The second kappa shape index (κ2) is 5.52. The first kappa shape index (κ1) is 13.7. The fourth-order valence-corrected chi connectivity index (χ4v) is 1.79. The first-order valence-electron chi connectivity index (χ1n) is 5.74. The van der Waals surface area contributed by atoms with Gasteiger partial charge in [0.15, 0.2) is 17.3 Å². The quantitative estimate of drug-likeness (QED) is 0.686. The second-order valence-electron chi connectivity index (χ2n) is 3.89. The number of rotatable bonds is 4. The highest BCUT2D eigenvalue weighted by Crippen LogP contribution is 2.34. The minimum Gasteiger partial charge on any atom is -0.494 e. The highest BCUT2D eigenvalue weighted by molar-refractivity contribution is 5.73. The molecule has 7 heteroatoms. The molecule has 0 saturated carbocycles. The van der Waals surface area contributed by atoms with Crippen molar-refractivity contribution in [2.24, 2.45) is 0 Å². The van der Waals surface area contributed by atoms with Crippen LogP contribution in [-0.4, -0.2) is 24.1 Å². The number of hydrogen-bond acceptors (Lipinski definition) is 5. The molecule has 0 radical (unpaired) electrons. The molecule has 2 aromatic rings. The van der Waals surface area contributed by atoms with Crippen LogP contribution >= 0.6 is 0 Å². The van der Waals surface area contributed by atoms with Gasteiger partial charge in [0.2, 0.25) is 0 Å². The molecule has 1 heterocycles. The molecule has 0 atom stereocenters. The number of ether oxygens (including phenoxy) is 1. The van der Waals surface area contributed by atoms with Crippen molar-refractivity contribution < 1.29 is 14.1 Å². The first-order chi connectivity index (χ1) is 9.58. The monoisotopic (exact) mass is 277 g/mol. The zero-order valence-electron chi connectivity index (χ0n) is 10.9. The van der Waals surface area contributed by atoms with Gasteiger partial charge in [-0.1, -0.05) is 6.07 Å². The molecule has 0 aliphatic heterocycles. The number of hydrogen-bond donors (Lipinski definition) is 1. The predicted octanol–water partition coefficient (Wildman–Crippen LogP) is 2.85. The lowest BCUT2D eigenvalue weighted by atomic mass is 10.1. The summed E-state index contributed by atoms with van der Waals surface area (Å²) >= 11 is 0. The number of nitrogens with one attached hydrogen (secondary N) is 1. The molecule has 2 rings (SSSR count). The van der Waals surface area contributed by atoms with Gasteiger partial charge in [0, 0.05) is 18.7 Å². The van der Waals surface area contributed by atoms with Crippen molar-refractivity contribution in [1.29, 1.82) is 0 Å². The van der Waals surface area contributed by atoms with Gasteiger partial charge in [0.25, 0.3) is 5.69 Å². The number of aromatic nitrogens is 1. The summed E-state index contributed by atoms with van der Waals surface area (Å²) in [4.78, 5) is 14.5. The Morgan fingerprint density at radius 2 is 2.10 bits per heavy atom. The van der Waals surface area contributed by atoms with Crippen LogP contribution in [0.25, 0.3) is 11.3 Å². The molecule has 0 saturated heterocycles. The van der Waals surface area contributed by atoms with Crippen LogP contribution in [0.2, 0.25) is 0 Å². The molecule has 0 aliphatic rings. The van der Waals surface area contributed by atoms with Crippen molar-refractivity contribution in [2.75, 3.05) is 19.5 Å². The lowest BCUT2D eigenvalue weighted by Gasteiger charge is -2.08. The van der Waals surface area contributed by atoms with E-state index in [0.717, 1.165) is 0 Å². The molecule has 6 nitrogen and oxygen atoms in total. The largest absolute Gasteiger partial charge is 0.494 e. The van der Waals surface area contributed by atoms with Gasteiger partial charge >= 0.3 is 0 Å². The van der Waals surface area contributed by atoms with E-state index >= 15 is 0 Å². The topological polar surface area (TPSA) is 77.3 Å². The molecular weight excluding hydrogens is 265 g/mol. The SMILES string of the molecule is CNc1ccc([N+](=O)[O-])c(-c2cccc(OC)c2F)n1. The van der Waals surface area contributed by atoms with Crippen LogP contribution in [0, 0.1) is 15.9 Å². The summed E-state index contributed by atoms with van der Waals surface area (Å²) in [5.41, 5.74) is -0.289. The first-order valence-corrected chi connectivity index (χ1v) is 5.74. The van der Waals surface area contributed by atoms with Crippen LogP contribution in [0.1, 0.15) is 0 Å². The Bertz CT molecular complexity index is 661. The minimum atomic E-state index is -0.682. The van der Waals surface area contributed by atoms with Crippen molar-refractivity contribution >= 4 is 11.5 Å². The zero-order chi connectivity index (χ0) is 14.7. The molecule has 0 spiro atoms. The number of halogens is 1. The van der Waals surface area contributed by atoms with E-state index in [-0.39, 0.29) is 22.7 Å². The van der Waals surface area contributed by atoms with Crippen LogP contribution in [0.5, 0.6) is 5.75 Å². The van der Waals surface area contributed by atoms with Crippen molar-refractivity contribution in [3.05, 3.63) is 46.3 Å². The number of nitro groups is 1. The van der Waals surface area contributed by atoms with Gasteiger partial charge in [0.05, 0.1) is 12.0 Å². The average molecular weight is 277 g/mol. The summed E-state index contributed by atoms with van der Waals surface area (Å²) in [6.45, 7) is 0. The Hall–Kier alpha value is -2.70. The lowest BCUT2D eigenvalue weighted by molar-refractivity contribution is -0.384. The van der Waals surface area contributed by atoms with E-state index in [9.17, 15) is 14.5 Å². The third-order valence-electron chi connectivity index (χ3n) is 2.77. The summed E-state index contributed by atoms with van der Waals surface area (Å²) in [6, 6.07) is 7.15. The highest BCUT2D eigenvalue weighted by Gasteiger charge is 2.22. The van der Waals surface area contributed by atoms with E-state index in [0.29, 0.717) is 5.82 Å². The van der Waals surface area contributed by atoms with Gasteiger partial charge in [-0.05, 0) is 18.2 Å². The van der Waals surface area contributed by atoms with Crippen LogP contribution in [0.4, 0.5) is 15.9 Å². The number of nitrogens with zero attached hydrogens (tertiary/aromatic N) is 2. The molecule has 1 aromatic heterocycles. The smallest absolute Gasteiger partial charge is 0.295 e. The number of anilines is 1. The summed E-state index contributed by atoms with van der Waals surface area (Å²) in [7, 11) is 2.95. The third kappa shape index (κ3) is 2.37. The van der Waals surface area contributed by atoms with Crippen molar-refractivity contribution in [2.45, 2.75) is 0 Å². The Balaban J connectivity index is 2.70. The molecule has 1 N–H and O–H groups in total. The normalized spacial score (nSPS) is 10.2. The summed E-state index contributed by atoms with van der Waals surface area (Å²) in [5.74, 6) is -0.264. The Morgan fingerprint density at radius 1 is 1.35 bits per heavy atom. The second-order valence-corrected chi connectivity index (χ2v) is 3.89. The molecule has 0 unspecified atom stereocenters. The average Bonchev–Trinajstić information content (AvgIpc) is 2.46. The molecule has 0 amide bonds. The molecule has 20 heavy (non-hydrogen) atoms. The van der Waals surface area contributed by atoms with Crippen LogP contribution in [0.3, 0.4) is 0 Å². The van der Waals surface area contributed by atoms with E-state index < -0.39 is 10.7 Å². The fraction of sp³-hybridized carbons (Fsp3) is 0.154. The number of methoxy groups -OCH3 is 1. The van der Waals surface area contributed by atoms with E-state index in [1.165, 1.54) is 31.4 Å². The standard InChI is InChI=1S/C13H12FN3O3/c1-15-11-7-6-9(17(18)19)13(16-11)8-4-3-5-10(20-2)12(8)14/h3-7H,1-2H3,(H,15,16). The fourth-order valence-electron chi connectivity index (χ4n) is 1.79. The van der Waals surface area contributed by atoms with Gasteiger partial charge in [-0.15, -0.1) is 0 Å². The third-order valence-corrected chi connectivity index (χ3v) is 2.77. The Kier molecular flexibility index (Phi) is 3.79. The summed E-state index contributed by atoms with van der Waals surface area (Å²) in [5, 5.41) is 13.8. The van der Waals surface area contributed by atoms with E-state index in [2.05, 4.69) is 10.3 Å². The maximum atomic E-state index is 14.2. The number of benzene rings is 1.